The number of nitrogens with zero attached hydrogens (tertiary/aromatic N) is 1. The maximum absolute atomic E-state index is 14.0. The van der Waals surface area contributed by atoms with Crippen LogP contribution >= 0.6 is 56.8 Å². The number of hydrogen-bond donors (Lipinski definition) is 0. The van der Waals surface area contributed by atoms with Gasteiger partial charge in [0.15, 0.2) is 17.2 Å². The highest BCUT2D eigenvalue weighted by atomic mass is 127. The van der Waals surface area contributed by atoms with Crippen molar-refractivity contribution in [1.82, 2.24) is 0 Å². The molecule has 0 aliphatic carbocycles. The quantitative estimate of drug-likeness (QED) is 0.151. The second-order valence-electron chi connectivity index (χ2n) is 7.10. The third-order valence-electron chi connectivity index (χ3n) is 4.74. The number of carbonyl (C=O) groups is 1. The summed E-state index contributed by atoms with van der Waals surface area (Å²) in [7, 11) is 0. The minimum atomic E-state index is -0.572. The standard InChI is InChI=1S/C25H17ClFI2NO4/c1-2-32-22-11-14(9-20(29)23(22)33-13-15-5-3-4-6-19(15)27)10-21-25(31)34-24(30-21)17-12-16(28)7-8-18(17)26/h3-12H,2,13H2,1H3/b21-10-. The van der Waals surface area contributed by atoms with E-state index in [-0.39, 0.29) is 24.0 Å². The van der Waals surface area contributed by atoms with Gasteiger partial charge in [0.1, 0.15) is 12.4 Å². The maximum atomic E-state index is 14.0. The molecule has 0 amide bonds. The number of halogens is 4. The Kier molecular flexibility index (Phi) is 8.10. The van der Waals surface area contributed by atoms with Gasteiger partial charge in [-0.1, -0.05) is 29.8 Å². The molecule has 174 valence electrons. The summed E-state index contributed by atoms with van der Waals surface area (Å²) in [5.41, 5.74) is 1.81. The third kappa shape index (κ3) is 5.72. The lowest BCUT2D eigenvalue weighted by Crippen LogP contribution is -2.06. The van der Waals surface area contributed by atoms with Crippen molar-refractivity contribution in [2.75, 3.05) is 6.61 Å². The number of benzene rings is 3. The monoisotopic (exact) mass is 703 g/mol. The molecule has 1 heterocycles. The lowest BCUT2D eigenvalue weighted by Gasteiger charge is -2.15. The first kappa shape index (κ1) is 24.9. The number of cyclic esters (lactones) is 1. The van der Waals surface area contributed by atoms with E-state index in [9.17, 15) is 9.18 Å². The van der Waals surface area contributed by atoms with E-state index >= 15 is 0 Å². The molecule has 0 unspecified atom stereocenters. The van der Waals surface area contributed by atoms with Crippen molar-refractivity contribution in [1.29, 1.82) is 0 Å². The predicted molar refractivity (Wildman–Crippen MR) is 146 cm³/mol. The fourth-order valence-corrected chi connectivity index (χ4v) is 4.65. The van der Waals surface area contributed by atoms with Gasteiger partial charge >= 0.3 is 5.97 Å². The Hall–Kier alpha value is -2.18. The molecule has 34 heavy (non-hydrogen) atoms. The molecular weight excluding hydrogens is 687 g/mol. The Labute approximate surface area is 228 Å². The highest BCUT2D eigenvalue weighted by Crippen LogP contribution is 2.36. The zero-order chi connectivity index (χ0) is 24.2. The van der Waals surface area contributed by atoms with Crippen LogP contribution in [0.4, 0.5) is 4.39 Å². The van der Waals surface area contributed by atoms with Crippen LogP contribution < -0.4 is 9.47 Å². The van der Waals surface area contributed by atoms with Crippen LogP contribution in [0.15, 0.2) is 65.3 Å². The highest BCUT2D eigenvalue weighted by Gasteiger charge is 2.26. The number of aliphatic imine (C=N–C) groups is 1. The molecule has 3 aromatic carbocycles. The van der Waals surface area contributed by atoms with E-state index in [0.717, 1.165) is 7.14 Å². The molecule has 0 N–H and O–H groups in total. The average molecular weight is 704 g/mol. The van der Waals surface area contributed by atoms with Gasteiger partial charge in [-0.25, -0.2) is 14.2 Å². The molecule has 0 spiro atoms. The van der Waals surface area contributed by atoms with E-state index in [1.807, 2.05) is 19.1 Å². The van der Waals surface area contributed by atoms with E-state index in [1.165, 1.54) is 6.07 Å². The summed E-state index contributed by atoms with van der Waals surface area (Å²) < 4.78 is 32.7. The Morgan fingerprint density at radius 3 is 2.68 bits per heavy atom. The van der Waals surface area contributed by atoms with Crippen LogP contribution in [-0.4, -0.2) is 18.5 Å². The van der Waals surface area contributed by atoms with E-state index in [4.69, 9.17) is 25.8 Å². The molecule has 0 bridgehead atoms. The van der Waals surface area contributed by atoms with Crippen LogP contribution in [0, 0.1) is 13.0 Å². The van der Waals surface area contributed by atoms with Crippen molar-refractivity contribution < 1.29 is 23.4 Å². The number of esters is 1. The molecule has 0 saturated heterocycles. The SMILES string of the molecule is CCOc1cc(/C=C2\N=C(c3cc(I)ccc3Cl)OC2=O)cc(I)c1OCc1ccccc1F. The van der Waals surface area contributed by atoms with Crippen molar-refractivity contribution in [3.63, 3.8) is 0 Å². The summed E-state index contributed by atoms with van der Waals surface area (Å²) in [5.74, 6) is 0.228. The van der Waals surface area contributed by atoms with Crippen LogP contribution in [-0.2, 0) is 16.1 Å². The lowest BCUT2D eigenvalue weighted by molar-refractivity contribution is -0.129. The van der Waals surface area contributed by atoms with Crippen LogP contribution in [0.25, 0.3) is 6.08 Å². The topological polar surface area (TPSA) is 57.1 Å². The van der Waals surface area contributed by atoms with Gasteiger partial charge in [-0.3, -0.25) is 0 Å². The van der Waals surface area contributed by atoms with Gasteiger partial charge in [0, 0.05) is 9.13 Å². The number of ether oxygens (including phenoxy) is 3. The Balaban J connectivity index is 1.64. The summed E-state index contributed by atoms with van der Waals surface area (Å²) in [6.45, 7) is 2.32. The smallest absolute Gasteiger partial charge is 0.363 e. The highest BCUT2D eigenvalue weighted by molar-refractivity contribution is 14.1. The van der Waals surface area contributed by atoms with Crippen LogP contribution in [0.5, 0.6) is 11.5 Å². The molecule has 9 heteroatoms. The summed E-state index contributed by atoms with van der Waals surface area (Å²) in [6.07, 6.45) is 1.61. The Bertz CT molecular complexity index is 1330. The molecule has 1 aliphatic heterocycles. The van der Waals surface area contributed by atoms with Gasteiger partial charge in [0.25, 0.3) is 0 Å². The number of hydrogen-bond acceptors (Lipinski definition) is 5. The number of rotatable bonds is 7. The van der Waals surface area contributed by atoms with Gasteiger partial charge in [0.05, 0.1) is 20.8 Å². The normalized spacial score (nSPS) is 14.2. The molecule has 0 saturated carbocycles. The minimum Gasteiger partial charge on any atom is -0.490 e. The van der Waals surface area contributed by atoms with E-state index in [2.05, 4.69) is 50.2 Å². The summed E-state index contributed by atoms with van der Waals surface area (Å²) >= 11 is 10.5. The second kappa shape index (κ2) is 11.0. The van der Waals surface area contributed by atoms with Gasteiger partial charge in [-0.15, -0.1) is 0 Å². The average Bonchev–Trinajstić information content (AvgIpc) is 3.16. The third-order valence-corrected chi connectivity index (χ3v) is 6.55. The molecule has 0 aromatic heterocycles. The van der Waals surface area contributed by atoms with E-state index in [0.29, 0.717) is 39.8 Å². The largest absolute Gasteiger partial charge is 0.490 e. The first-order valence-electron chi connectivity index (χ1n) is 10.2. The first-order chi connectivity index (χ1) is 16.4. The van der Waals surface area contributed by atoms with Crippen molar-refractivity contribution in [2.45, 2.75) is 13.5 Å². The molecule has 0 fully saturated rings. The van der Waals surface area contributed by atoms with Gasteiger partial charge in [-0.2, -0.15) is 0 Å². The maximum Gasteiger partial charge on any atom is 0.363 e. The van der Waals surface area contributed by atoms with Crippen LogP contribution in [0.2, 0.25) is 5.02 Å². The summed E-state index contributed by atoms with van der Waals surface area (Å²) in [6, 6.07) is 15.4. The zero-order valence-corrected chi connectivity index (χ0v) is 22.9. The van der Waals surface area contributed by atoms with Gasteiger partial charge in [-0.05, 0) is 100 Å². The number of carbonyl (C=O) groups excluding carboxylic acids is 1. The fraction of sp³-hybridized carbons (Fsp3) is 0.120. The molecule has 3 aromatic rings. The van der Waals surface area contributed by atoms with Crippen molar-refractivity contribution >= 4 is 74.7 Å². The second-order valence-corrected chi connectivity index (χ2v) is 9.92. The minimum absolute atomic E-state index is 0.0554. The molecule has 4 rings (SSSR count). The van der Waals surface area contributed by atoms with Crippen molar-refractivity contribution in [2.24, 2.45) is 4.99 Å². The molecular formula is C25H17ClFI2NO4. The first-order valence-corrected chi connectivity index (χ1v) is 12.7. The Morgan fingerprint density at radius 2 is 1.91 bits per heavy atom. The van der Waals surface area contributed by atoms with Crippen molar-refractivity contribution in [3.8, 4) is 11.5 Å². The molecule has 1 aliphatic rings. The van der Waals surface area contributed by atoms with E-state index in [1.54, 1.807) is 42.5 Å². The summed E-state index contributed by atoms with van der Waals surface area (Å²) in [4.78, 5) is 16.8. The molecule has 0 atom stereocenters. The molecule has 0 radical (unpaired) electrons. The van der Waals surface area contributed by atoms with Gasteiger partial charge < -0.3 is 14.2 Å². The van der Waals surface area contributed by atoms with Crippen molar-refractivity contribution in [3.05, 3.63) is 95.0 Å². The van der Waals surface area contributed by atoms with Crippen LogP contribution in [0.1, 0.15) is 23.6 Å². The van der Waals surface area contributed by atoms with Gasteiger partial charge in [0.2, 0.25) is 5.90 Å². The molecule has 5 nitrogen and oxygen atoms in total. The van der Waals surface area contributed by atoms with Crippen LogP contribution in [0.3, 0.4) is 0 Å². The predicted octanol–water partition coefficient (Wildman–Crippen LogP) is 7.01. The fourth-order valence-electron chi connectivity index (χ4n) is 3.18. The zero-order valence-electron chi connectivity index (χ0n) is 17.8. The van der Waals surface area contributed by atoms with E-state index < -0.39 is 5.97 Å². The Morgan fingerprint density at radius 1 is 1.12 bits per heavy atom. The summed E-state index contributed by atoms with van der Waals surface area (Å²) in [5, 5.41) is 0.442. The lowest BCUT2D eigenvalue weighted by atomic mass is 10.1.